The van der Waals surface area contributed by atoms with Crippen molar-refractivity contribution in [3.05, 3.63) is 59.2 Å². The van der Waals surface area contributed by atoms with Crippen LogP contribution in [0.25, 0.3) is 11.1 Å². The molecule has 0 radical (unpaired) electrons. The van der Waals surface area contributed by atoms with Crippen LogP contribution in [-0.2, 0) is 9.59 Å². The van der Waals surface area contributed by atoms with E-state index < -0.39 is 47.0 Å². The van der Waals surface area contributed by atoms with Gasteiger partial charge >= 0.3 is 0 Å². The zero-order valence-corrected chi connectivity index (χ0v) is 20.7. The molecule has 0 saturated carbocycles. The summed E-state index contributed by atoms with van der Waals surface area (Å²) in [6.45, 7) is 5.84. The first-order valence-electron chi connectivity index (χ1n) is 11.9. The van der Waals surface area contributed by atoms with E-state index in [1.807, 2.05) is 13.8 Å². The lowest BCUT2D eigenvalue weighted by molar-refractivity contribution is -0.140. The van der Waals surface area contributed by atoms with Crippen molar-refractivity contribution in [1.82, 2.24) is 10.2 Å². The molecule has 0 aliphatic carbocycles. The standard InChI is InChI=1S/C26H29F4N5O2/c1-14(2)24(32-10-11-33-31)26(37)35-12-4-5-20(35)25(36)34-15(3)16-6-8-17(9-7-16)21-22(29)18(27)13-19(28)23(21)30/h6-11,13-15,20,24H,4-5,12,31H2,1-3H3,(H,34,36)/b32-10?,33-11-. The molecular weight excluding hydrogens is 490 g/mol. The summed E-state index contributed by atoms with van der Waals surface area (Å²) in [5, 5.41) is 6.20. The molecule has 0 bridgehead atoms. The van der Waals surface area contributed by atoms with Crippen LogP contribution in [0, 0.1) is 29.2 Å². The van der Waals surface area contributed by atoms with Crippen LogP contribution in [0.3, 0.4) is 0 Å². The first-order valence-corrected chi connectivity index (χ1v) is 11.9. The van der Waals surface area contributed by atoms with E-state index in [1.54, 1.807) is 6.92 Å². The Balaban J connectivity index is 1.73. The van der Waals surface area contributed by atoms with Crippen LogP contribution in [0.15, 0.2) is 40.4 Å². The van der Waals surface area contributed by atoms with Crippen molar-refractivity contribution in [3.8, 4) is 11.1 Å². The fourth-order valence-corrected chi connectivity index (χ4v) is 4.32. The van der Waals surface area contributed by atoms with Crippen molar-refractivity contribution in [3.63, 3.8) is 0 Å². The summed E-state index contributed by atoms with van der Waals surface area (Å²) in [5.74, 6) is -1.61. The molecule has 3 atom stereocenters. The molecule has 0 aromatic heterocycles. The highest BCUT2D eigenvalue weighted by Gasteiger charge is 2.38. The average Bonchev–Trinajstić information content (AvgIpc) is 3.36. The van der Waals surface area contributed by atoms with Crippen LogP contribution < -0.4 is 11.2 Å². The SMILES string of the molecule is CC(NC(=O)C1CCCN1C(=O)C(N=C/C=N\N)C(C)C)c1ccc(-c2c(F)c(F)cc(F)c2F)cc1. The molecule has 3 N–H and O–H groups in total. The number of nitrogens with two attached hydrogens (primary N) is 1. The lowest BCUT2D eigenvalue weighted by atomic mass is 9.99. The van der Waals surface area contributed by atoms with Crippen LogP contribution >= 0.6 is 0 Å². The molecule has 2 aromatic carbocycles. The maximum Gasteiger partial charge on any atom is 0.248 e. The maximum atomic E-state index is 14.1. The molecule has 7 nitrogen and oxygen atoms in total. The van der Waals surface area contributed by atoms with Gasteiger partial charge in [0, 0.05) is 18.8 Å². The zero-order chi connectivity index (χ0) is 27.3. The third-order valence-electron chi connectivity index (χ3n) is 6.29. The van der Waals surface area contributed by atoms with Gasteiger partial charge in [-0.15, -0.1) is 0 Å². The van der Waals surface area contributed by atoms with Gasteiger partial charge in [-0.05, 0) is 36.8 Å². The van der Waals surface area contributed by atoms with E-state index in [0.717, 1.165) is 0 Å². The van der Waals surface area contributed by atoms with Gasteiger partial charge in [0.1, 0.15) is 12.1 Å². The second kappa shape index (κ2) is 12.0. The van der Waals surface area contributed by atoms with Gasteiger partial charge in [0.25, 0.3) is 0 Å². The second-order valence-electron chi connectivity index (χ2n) is 9.17. The Morgan fingerprint density at radius 3 is 2.24 bits per heavy atom. The number of benzene rings is 2. The maximum absolute atomic E-state index is 14.1. The van der Waals surface area contributed by atoms with Gasteiger partial charge in [0.05, 0.1) is 17.8 Å². The van der Waals surface area contributed by atoms with Gasteiger partial charge in [-0.1, -0.05) is 38.1 Å². The first-order chi connectivity index (χ1) is 17.6. The summed E-state index contributed by atoms with van der Waals surface area (Å²) in [4.78, 5) is 32.0. The van der Waals surface area contributed by atoms with Gasteiger partial charge < -0.3 is 16.1 Å². The highest BCUT2D eigenvalue weighted by molar-refractivity contribution is 6.16. The molecule has 11 heteroatoms. The predicted molar refractivity (Wildman–Crippen MR) is 133 cm³/mol. The van der Waals surface area contributed by atoms with Crippen LogP contribution in [-0.4, -0.2) is 47.8 Å². The number of amides is 2. The lowest BCUT2D eigenvalue weighted by Gasteiger charge is -2.29. The number of rotatable bonds is 8. The Labute approximate surface area is 212 Å². The third kappa shape index (κ3) is 6.15. The molecule has 2 aromatic rings. The normalized spacial score (nSPS) is 17.6. The van der Waals surface area contributed by atoms with E-state index in [9.17, 15) is 27.2 Å². The Morgan fingerprint density at radius 2 is 1.68 bits per heavy atom. The Hall–Kier alpha value is -3.76. The van der Waals surface area contributed by atoms with Gasteiger partial charge in [0.2, 0.25) is 11.8 Å². The zero-order valence-electron chi connectivity index (χ0n) is 20.7. The smallest absolute Gasteiger partial charge is 0.248 e. The fraction of sp³-hybridized carbons (Fsp3) is 0.385. The summed E-state index contributed by atoms with van der Waals surface area (Å²) in [6, 6.07) is 3.92. The van der Waals surface area contributed by atoms with Gasteiger partial charge in [-0.25, -0.2) is 17.6 Å². The molecule has 1 aliphatic heterocycles. The van der Waals surface area contributed by atoms with Crippen LogP contribution in [0.2, 0.25) is 0 Å². The highest BCUT2D eigenvalue weighted by atomic mass is 19.2. The van der Waals surface area contributed by atoms with Gasteiger partial charge in [-0.3, -0.25) is 14.6 Å². The van der Waals surface area contributed by atoms with Crippen molar-refractivity contribution in [2.75, 3.05) is 6.54 Å². The van der Waals surface area contributed by atoms with E-state index in [4.69, 9.17) is 5.84 Å². The molecule has 3 unspecified atom stereocenters. The largest absolute Gasteiger partial charge is 0.348 e. The summed E-state index contributed by atoms with van der Waals surface area (Å²) in [5.41, 5.74) is -0.263. The topological polar surface area (TPSA) is 100 Å². The molecule has 198 valence electrons. The van der Waals surface area contributed by atoms with Crippen molar-refractivity contribution in [2.24, 2.45) is 21.9 Å². The number of carbonyl (C=O) groups is 2. The number of hydrogen-bond acceptors (Lipinski definition) is 5. The second-order valence-corrected chi connectivity index (χ2v) is 9.17. The van der Waals surface area contributed by atoms with Crippen LogP contribution in [0.4, 0.5) is 17.6 Å². The minimum absolute atomic E-state index is 0.0526. The number of carbonyl (C=O) groups excluding carboxylic acids is 2. The van der Waals surface area contributed by atoms with E-state index in [1.165, 1.54) is 41.6 Å². The number of nitrogens with one attached hydrogen (secondary N) is 1. The molecule has 37 heavy (non-hydrogen) atoms. The fourth-order valence-electron chi connectivity index (χ4n) is 4.32. The van der Waals surface area contributed by atoms with E-state index in [-0.39, 0.29) is 29.4 Å². The van der Waals surface area contributed by atoms with Crippen molar-refractivity contribution < 1.29 is 27.2 Å². The van der Waals surface area contributed by atoms with E-state index in [2.05, 4.69) is 15.4 Å². The molecule has 1 aliphatic rings. The number of halogens is 4. The van der Waals surface area contributed by atoms with Crippen molar-refractivity contribution in [2.45, 2.75) is 51.7 Å². The number of likely N-dealkylation sites (tertiary alicyclic amines) is 1. The Bertz CT molecular complexity index is 1170. The molecule has 1 saturated heterocycles. The molecule has 2 amide bonds. The Kier molecular flexibility index (Phi) is 9.01. The van der Waals surface area contributed by atoms with Crippen molar-refractivity contribution >= 4 is 24.2 Å². The molecule has 1 heterocycles. The molecule has 3 rings (SSSR count). The number of hydrazone groups is 1. The highest BCUT2D eigenvalue weighted by Crippen LogP contribution is 2.30. The van der Waals surface area contributed by atoms with E-state index >= 15 is 0 Å². The minimum atomic E-state index is -1.49. The molecule has 1 fully saturated rings. The monoisotopic (exact) mass is 519 g/mol. The number of aliphatic imine (C=N–C) groups is 1. The number of hydrogen-bond donors (Lipinski definition) is 2. The summed E-state index contributed by atoms with van der Waals surface area (Å²) in [6.07, 6.45) is 3.78. The minimum Gasteiger partial charge on any atom is -0.348 e. The summed E-state index contributed by atoms with van der Waals surface area (Å²) >= 11 is 0. The Morgan fingerprint density at radius 1 is 1.05 bits per heavy atom. The molecule has 0 spiro atoms. The van der Waals surface area contributed by atoms with Gasteiger partial charge in [-0.2, -0.15) is 5.10 Å². The van der Waals surface area contributed by atoms with Crippen LogP contribution in [0.5, 0.6) is 0 Å². The summed E-state index contributed by atoms with van der Waals surface area (Å²) in [7, 11) is 0. The van der Waals surface area contributed by atoms with E-state index in [0.29, 0.717) is 24.9 Å². The van der Waals surface area contributed by atoms with Gasteiger partial charge in [0.15, 0.2) is 23.3 Å². The average molecular weight is 520 g/mol. The predicted octanol–water partition coefficient (Wildman–Crippen LogP) is 4.12. The number of nitrogens with zero attached hydrogens (tertiary/aromatic N) is 3. The van der Waals surface area contributed by atoms with Crippen LogP contribution in [0.1, 0.15) is 45.2 Å². The molecular formula is C26H29F4N5O2. The lowest BCUT2D eigenvalue weighted by Crippen LogP contribution is -2.50. The first kappa shape index (κ1) is 27.8. The third-order valence-corrected chi connectivity index (χ3v) is 6.29. The quantitative estimate of drug-likeness (QED) is 0.180. The summed E-state index contributed by atoms with van der Waals surface area (Å²) < 4.78 is 55.4. The van der Waals surface area contributed by atoms with Crippen molar-refractivity contribution in [1.29, 1.82) is 0 Å².